The molecule has 5 aromatic rings. The molecule has 10 heteroatoms. The van der Waals surface area contributed by atoms with Crippen molar-refractivity contribution < 1.29 is 17.9 Å². The van der Waals surface area contributed by atoms with E-state index >= 15 is 0 Å². The average molecular weight is 490 g/mol. The van der Waals surface area contributed by atoms with Crippen molar-refractivity contribution in [2.45, 2.75) is 23.8 Å². The zero-order chi connectivity index (χ0) is 24.7. The quantitative estimate of drug-likeness (QED) is 0.372. The second-order valence-corrected chi connectivity index (χ2v) is 9.91. The summed E-state index contributed by atoms with van der Waals surface area (Å²) in [7, 11) is -0.847. The van der Waals surface area contributed by atoms with E-state index in [0.29, 0.717) is 34.1 Å². The van der Waals surface area contributed by atoms with Gasteiger partial charge in [0.15, 0.2) is 17.1 Å². The fourth-order valence-corrected chi connectivity index (χ4v) is 5.52. The van der Waals surface area contributed by atoms with E-state index in [9.17, 15) is 8.42 Å². The monoisotopic (exact) mass is 489 g/mol. The van der Waals surface area contributed by atoms with E-state index in [1.165, 1.54) is 4.52 Å². The number of rotatable bonds is 6. The maximum Gasteiger partial charge on any atom is 0.229 e. The van der Waals surface area contributed by atoms with Crippen LogP contribution in [0.3, 0.4) is 0 Å². The Morgan fingerprint density at radius 1 is 0.914 bits per heavy atom. The van der Waals surface area contributed by atoms with Crippen LogP contribution in [-0.2, 0) is 9.84 Å². The molecule has 2 aromatic heterocycles. The van der Waals surface area contributed by atoms with Gasteiger partial charge in [-0.1, -0.05) is 29.5 Å². The summed E-state index contributed by atoms with van der Waals surface area (Å²) in [5.74, 6) is 1.60. The lowest BCUT2D eigenvalue weighted by Crippen LogP contribution is -2.07. The Morgan fingerprint density at radius 3 is 2.46 bits per heavy atom. The molecule has 1 N–H and O–H groups in total. The molecule has 2 heterocycles. The lowest BCUT2D eigenvalue weighted by atomic mass is 10.2. The molecule has 5 rings (SSSR count). The summed E-state index contributed by atoms with van der Waals surface area (Å²) in [6.07, 6.45) is 0. The summed E-state index contributed by atoms with van der Waals surface area (Å²) < 4.78 is 39.4. The Morgan fingerprint density at radius 2 is 1.69 bits per heavy atom. The van der Waals surface area contributed by atoms with Crippen LogP contribution in [0.15, 0.2) is 70.6 Å². The minimum absolute atomic E-state index is 0.132. The molecule has 9 nitrogen and oxygen atoms in total. The summed E-state index contributed by atoms with van der Waals surface area (Å²) in [6, 6.07) is 18.1. The number of fused-ring (bicyclic) bond motifs is 3. The van der Waals surface area contributed by atoms with Crippen LogP contribution in [-0.4, -0.2) is 42.4 Å². The van der Waals surface area contributed by atoms with E-state index in [2.05, 4.69) is 20.6 Å². The maximum absolute atomic E-state index is 13.6. The Labute approximate surface area is 202 Å². The number of para-hydroxylation sites is 1. The molecule has 178 valence electrons. The number of nitrogens with one attached hydrogen (secondary N) is 1. The molecule has 0 unspecified atom stereocenters. The Hall–Kier alpha value is -4.18. The Bertz CT molecular complexity index is 1700. The highest BCUT2D eigenvalue weighted by atomic mass is 32.2. The van der Waals surface area contributed by atoms with Crippen LogP contribution in [0.5, 0.6) is 11.5 Å². The van der Waals surface area contributed by atoms with E-state index in [1.54, 1.807) is 45.4 Å². The average Bonchev–Trinajstić information content (AvgIpc) is 3.30. The highest BCUT2D eigenvalue weighted by Gasteiger charge is 2.28. The second kappa shape index (κ2) is 8.55. The molecule has 3 aromatic carbocycles. The third kappa shape index (κ3) is 3.81. The van der Waals surface area contributed by atoms with Crippen LogP contribution >= 0.6 is 0 Å². The van der Waals surface area contributed by atoms with E-state index in [1.807, 2.05) is 43.3 Å². The number of anilines is 2. The van der Waals surface area contributed by atoms with Crippen LogP contribution in [0.4, 0.5) is 11.5 Å². The number of aryl methyl sites for hydroxylation is 2. The predicted molar refractivity (Wildman–Crippen MR) is 132 cm³/mol. The molecule has 35 heavy (non-hydrogen) atoms. The van der Waals surface area contributed by atoms with Crippen molar-refractivity contribution in [2.75, 3.05) is 19.5 Å². The Balaban J connectivity index is 1.71. The van der Waals surface area contributed by atoms with Crippen molar-refractivity contribution in [1.82, 2.24) is 19.8 Å². The zero-order valence-corrected chi connectivity index (χ0v) is 20.4. The molecular formula is C25H23N5O4S. The number of aromatic nitrogens is 4. The van der Waals surface area contributed by atoms with Crippen LogP contribution in [0, 0.1) is 13.8 Å². The van der Waals surface area contributed by atoms with Crippen LogP contribution in [0.25, 0.3) is 16.6 Å². The topological polar surface area (TPSA) is 108 Å². The normalized spacial score (nSPS) is 11.7. The number of ether oxygens (including phenoxy) is 2. The number of hydrogen-bond donors (Lipinski definition) is 1. The largest absolute Gasteiger partial charge is 0.493 e. The molecule has 0 atom stereocenters. The lowest BCUT2D eigenvalue weighted by Gasteiger charge is -2.13. The molecule has 0 saturated carbocycles. The van der Waals surface area contributed by atoms with Crippen molar-refractivity contribution in [3.63, 3.8) is 0 Å². The van der Waals surface area contributed by atoms with E-state index in [-0.39, 0.29) is 15.6 Å². The molecule has 0 fully saturated rings. The molecule has 0 radical (unpaired) electrons. The standard InChI is InChI=1S/C25H23N5O4S/c1-15-9-10-16(2)22(13-15)35(31,32)25-24-27-23(18-7-5-6-8-19(18)30(24)29-28-25)26-17-11-12-20(33-3)21(14-17)34-4/h5-14H,1-4H3,(H,26,27). The zero-order valence-electron chi connectivity index (χ0n) is 19.6. The highest BCUT2D eigenvalue weighted by molar-refractivity contribution is 7.91. The SMILES string of the molecule is COc1ccc(Nc2nc3c(S(=O)(=O)c4cc(C)ccc4C)nnn3c3ccccc23)cc1OC. The Kier molecular flexibility index (Phi) is 5.52. The summed E-state index contributed by atoms with van der Waals surface area (Å²) in [4.78, 5) is 4.86. The maximum atomic E-state index is 13.6. The molecule has 0 bridgehead atoms. The molecule has 0 aliphatic carbocycles. The number of methoxy groups -OCH3 is 2. The second-order valence-electron chi connectivity index (χ2n) is 8.07. The third-order valence-electron chi connectivity index (χ3n) is 5.76. The number of sulfone groups is 1. The summed E-state index contributed by atoms with van der Waals surface area (Å²) in [6.45, 7) is 3.60. The first-order valence-electron chi connectivity index (χ1n) is 10.8. The first-order chi connectivity index (χ1) is 16.8. The minimum Gasteiger partial charge on any atom is -0.493 e. The summed E-state index contributed by atoms with van der Waals surface area (Å²) >= 11 is 0. The molecule has 0 aliphatic heterocycles. The van der Waals surface area contributed by atoms with Gasteiger partial charge in [-0.05, 0) is 55.3 Å². The van der Waals surface area contributed by atoms with Gasteiger partial charge in [0.2, 0.25) is 14.9 Å². The van der Waals surface area contributed by atoms with E-state index in [4.69, 9.17) is 9.47 Å². The third-order valence-corrected chi connectivity index (χ3v) is 7.55. The number of benzene rings is 3. The van der Waals surface area contributed by atoms with Gasteiger partial charge < -0.3 is 14.8 Å². The summed E-state index contributed by atoms with van der Waals surface area (Å²) in [5, 5.41) is 12.0. The fraction of sp³-hybridized carbons (Fsp3) is 0.160. The number of hydrogen-bond acceptors (Lipinski definition) is 8. The van der Waals surface area contributed by atoms with Crippen molar-refractivity contribution in [2.24, 2.45) is 0 Å². The van der Waals surface area contributed by atoms with E-state index in [0.717, 1.165) is 10.9 Å². The van der Waals surface area contributed by atoms with Crippen LogP contribution in [0.1, 0.15) is 11.1 Å². The van der Waals surface area contributed by atoms with Gasteiger partial charge in [0.05, 0.1) is 24.6 Å². The van der Waals surface area contributed by atoms with Gasteiger partial charge in [0.25, 0.3) is 0 Å². The van der Waals surface area contributed by atoms with Crippen molar-refractivity contribution in [1.29, 1.82) is 0 Å². The first kappa shape index (κ1) is 22.6. The minimum atomic E-state index is -3.97. The van der Waals surface area contributed by atoms with Crippen molar-refractivity contribution >= 4 is 37.9 Å². The van der Waals surface area contributed by atoms with Gasteiger partial charge in [-0.25, -0.2) is 13.4 Å². The van der Waals surface area contributed by atoms with E-state index < -0.39 is 9.84 Å². The summed E-state index contributed by atoms with van der Waals surface area (Å²) in [5.41, 5.74) is 2.94. The van der Waals surface area contributed by atoms with Crippen LogP contribution < -0.4 is 14.8 Å². The van der Waals surface area contributed by atoms with Crippen molar-refractivity contribution in [3.05, 3.63) is 71.8 Å². The molecule has 0 spiro atoms. The van der Waals surface area contributed by atoms with Crippen molar-refractivity contribution in [3.8, 4) is 11.5 Å². The fourth-order valence-electron chi connectivity index (χ4n) is 3.97. The van der Waals surface area contributed by atoms with Gasteiger partial charge in [0, 0.05) is 17.1 Å². The highest BCUT2D eigenvalue weighted by Crippen LogP contribution is 2.34. The lowest BCUT2D eigenvalue weighted by molar-refractivity contribution is 0.355. The van der Waals surface area contributed by atoms with Crippen LogP contribution in [0.2, 0.25) is 0 Å². The molecular weight excluding hydrogens is 466 g/mol. The smallest absolute Gasteiger partial charge is 0.229 e. The number of nitrogens with zero attached hydrogens (tertiary/aromatic N) is 4. The molecule has 0 amide bonds. The van der Waals surface area contributed by atoms with Gasteiger partial charge in [-0.15, -0.1) is 5.10 Å². The first-order valence-corrected chi connectivity index (χ1v) is 12.3. The van der Waals surface area contributed by atoms with Gasteiger partial charge in [0.1, 0.15) is 5.82 Å². The van der Waals surface area contributed by atoms with Gasteiger partial charge in [-0.3, -0.25) is 0 Å². The van der Waals surface area contributed by atoms with Gasteiger partial charge in [-0.2, -0.15) is 4.52 Å². The molecule has 0 aliphatic rings. The molecule has 0 saturated heterocycles. The van der Waals surface area contributed by atoms with Gasteiger partial charge >= 0.3 is 0 Å². The predicted octanol–water partition coefficient (Wildman–Crippen LogP) is 4.49.